The summed E-state index contributed by atoms with van der Waals surface area (Å²) in [5, 5.41) is 21.1. The number of amides is 2. The van der Waals surface area contributed by atoms with Crippen LogP contribution >= 0.6 is 23.5 Å². The zero-order chi connectivity index (χ0) is 36.7. The third kappa shape index (κ3) is 11.0. The van der Waals surface area contributed by atoms with Gasteiger partial charge in [0.05, 0.1) is 34.3 Å². The minimum Gasteiger partial charge on any atom is -0.480 e. The molecule has 0 spiro atoms. The van der Waals surface area contributed by atoms with Crippen LogP contribution in [0.3, 0.4) is 0 Å². The van der Waals surface area contributed by atoms with E-state index in [4.69, 9.17) is 0 Å². The molecule has 4 unspecified atom stereocenters. The van der Waals surface area contributed by atoms with Gasteiger partial charge in [0, 0.05) is 49.6 Å². The number of alkyl halides is 6. The molecule has 49 heavy (non-hydrogen) atoms. The molecule has 1 saturated carbocycles. The number of thioether (sulfide) groups is 2. The predicted octanol–water partition coefficient (Wildman–Crippen LogP) is 3.72. The van der Waals surface area contributed by atoms with Crippen molar-refractivity contribution in [1.29, 1.82) is 0 Å². The number of carboxylic acid groups (broad SMARTS) is 2. The van der Waals surface area contributed by atoms with Gasteiger partial charge in [0.1, 0.15) is 17.9 Å². The molecule has 2 amide bonds. The van der Waals surface area contributed by atoms with Gasteiger partial charge >= 0.3 is 24.3 Å². The molecule has 4 N–H and O–H groups in total. The number of aromatic nitrogens is 4. The minimum absolute atomic E-state index is 0.0537. The second kappa shape index (κ2) is 16.6. The van der Waals surface area contributed by atoms with E-state index < -0.39 is 99.2 Å². The highest BCUT2D eigenvalue weighted by Crippen LogP contribution is 2.49. The summed E-state index contributed by atoms with van der Waals surface area (Å²) >= 11 is 1.46. The number of carbonyl (C=O) groups is 5. The fraction of sp³-hybridized carbons (Fsp3) is 0.536. The lowest BCUT2D eigenvalue weighted by atomic mass is 9.76. The summed E-state index contributed by atoms with van der Waals surface area (Å²) in [6.07, 6.45) is -6.67. The van der Waals surface area contributed by atoms with E-state index in [0.717, 1.165) is 49.8 Å². The standard InChI is InChI=1S/C28H30F6N6O7S2/c1-12(41)37-18(25(44)45)10-48-23(16-6-35-8-20(39-16)27(29,30)31)14-4-3-5-15(22(14)43)24(49-11-19(26(46)47)38-13(2)42)17-7-36-9-21(40-17)28(32,33)34/h6-9,14-15,18-19,23-24H,3-5,10-11H2,1-2H3,(H,37,41)(H,38,42)(H,44,45)(H,46,47)/t14?,15?,18-,19-,23?,24?/m0/s1. The number of rotatable bonds is 14. The van der Waals surface area contributed by atoms with E-state index in [-0.39, 0.29) is 30.7 Å². The quantitative estimate of drug-likeness (QED) is 0.205. The van der Waals surface area contributed by atoms with Crippen LogP contribution in [0.15, 0.2) is 24.8 Å². The number of carbonyl (C=O) groups excluding carboxylic acids is 3. The molecule has 1 aliphatic rings. The van der Waals surface area contributed by atoms with Crippen LogP contribution in [0.4, 0.5) is 26.3 Å². The van der Waals surface area contributed by atoms with Gasteiger partial charge < -0.3 is 20.8 Å². The Kier molecular flexibility index (Phi) is 13.4. The number of Topliss-reactive ketones (excluding diaryl/α,β-unsaturated/α-hetero) is 1. The molecule has 2 heterocycles. The van der Waals surface area contributed by atoms with Crippen molar-refractivity contribution in [2.24, 2.45) is 11.8 Å². The van der Waals surface area contributed by atoms with E-state index in [9.17, 15) is 60.5 Å². The van der Waals surface area contributed by atoms with E-state index in [1.807, 2.05) is 0 Å². The van der Waals surface area contributed by atoms with Crippen LogP contribution in [0.1, 0.15) is 66.4 Å². The van der Waals surface area contributed by atoms with Crippen LogP contribution in [0, 0.1) is 11.8 Å². The summed E-state index contributed by atoms with van der Waals surface area (Å²) in [6, 6.07) is -3.02. The Bertz CT molecular complexity index is 1440. The summed E-state index contributed by atoms with van der Waals surface area (Å²) in [5.41, 5.74) is -3.44. The second-order valence-electron chi connectivity index (χ2n) is 10.9. The molecule has 0 aromatic carbocycles. The molecule has 1 fully saturated rings. The number of nitrogens with zero attached hydrogens (tertiary/aromatic N) is 4. The number of ketones is 1. The molecule has 0 radical (unpaired) electrons. The summed E-state index contributed by atoms with van der Waals surface area (Å²) in [6.45, 7) is 2.11. The van der Waals surface area contributed by atoms with Crippen LogP contribution in [0.25, 0.3) is 0 Å². The highest BCUT2D eigenvalue weighted by molar-refractivity contribution is 7.99. The van der Waals surface area contributed by atoms with Crippen molar-refractivity contribution in [3.8, 4) is 0 Å². The van der Waals surface area contributed by atoms with Crippen molar-refractivity contribution in [1.82, 2.24) is 30.6 Å². The van der Waals surface area contributed by atoms with Gasteiger partial charge in [-0.15, -0.1) is 23.5 Å². The molecule has 2 aromatic heterocycles. The molecule has 1 aliphatic carbocycles. The Morgan fingerprint density at radius 2 is 1.12 bits per heavy atom. The van der Waals surface area contributed by atoms with Crippen molar-refractivity contribution in [2.75, 3.05) is 11.5 Å². The Morgan fingerprint density at radius 1 is 0.755 bits per heavy atom. The maximum Gasteiger partial charge on any atom is 0.434 e. The Balaban J connectivity index is 2.08. The first kappa shape index (κ1) is 39.4. The summed E-state index contributed by atoms with van der Waals surface area (Å²) in [5.74, 6) is -8.18. The molecule has 0 saturated heterocycles. The van der Waals surface area contributed by atoms with Crippen LogP contribution < -0.4 is 10.6 Å². The van der Waals surface area contributed by atoms with Crippen molar-refractivity contribution in [2.45, 2.75) is 68.0 Å². The SMILES string of the molecule is CC(=O)N[C@@H](CSC(c1cncc(C(F)(F)F)n1)C1CCCC(C(SC[C@H](NC(C)=O)C(=O)O)c2cncc(C(F)(F)F)n2)C1=O)C(=O)O. The number of nitrogens with one attached hydrogen (secondary N) is 2. The van der Waals surface area contributed by atoms with Crippen molar-refractivity contribution in [3.05, 3.63) is 47.6 Å². The molecule has 268 valence electrons. The number of carboxylic acids is 2. The summed E-state index contributed by atoms with van der Waals surface area (Å²) < 4.78 is 81.6. The summed E-state index contributed by atoms with van der Waals surface area (Å²) in [7, 11) is 0. The van der Waals surface area contributed by atoms with Crippen LogP contribution in [-0.2, 0) is 36.3 Å². The van der Waals surface area contributed by atoms with Gasteiger partial charge in [-0.3, -0.25) is 24.4 Å². The molecule has 21 heteroatoms. The second-order valence-corrected chi connectivity index (χ2v) is 13.2. The van der Waals surface area contributed by atoms with Crippen LogP contribution in [0.2, 0.25) is 0 Å². The number of hydrogen-bond donors (Lipinski definition) is 4. The Hall–Kier alpha value is -4.01. The van der Waals surface area contributed by atoms with Crippen molar-refractivity contribution >= 4 is 53.1 Å². The highest BCUT2D eigenvalue weighted by atomic mass is 32.2. The first-order valence-corrected chi connectivity index (χ1v) is 16.4. The molecule has 2 aromatic rings. The van der Waals surface area contributed by atoms with E-state index >= 15 is 0 Å². The topological polar surface area (TPSA) is 201 Å². The van der Waals surface area contributed by atoms with Gasteiger partial charge in [-0.2, -0.15) is 26.3 Å². The van der Waals surface area contributed by atoms with E-state index in [0.29, 0.717) is 12.4 Å². The zero-order valence-corrected chi connectivity index (χ0v) is 27.3. The van der Waals surface area contributed by atoms with Gasteiger partial charge in [0.2, 0.25) is 11.8 Å². The fourth-order valence-corrected chi connectivity index (χ4v) is 7.91. The smallest absolute Gasteiger partial charge is 0.434 e. The van der Waals surface area contributed by atoms with Crippen LogP contribution in [-0.4, -0.2) is 83.3 Å². The van der Waals surface area contributed by atoms with E-state index in [1.54, 1.807) is 0 Å². The van der Waals surface area contributed by atoms with E-state index in [1.165, 1.54) is 0 Å². The third-order valence-corrected chi connectivity index (χ3v) is 10.1. The molecular formula is C28H30F6N6O7S2. The van der Waals surface area contributed by atoms with Gasteiger partial charge in [-0.1, -0.05) is 6.42 Å². The van der Waals surface area contributed by atoms with Gasteiger partial charge in [0.25, 0.3) is 0 Å². The Morgan fingerprint density at radius 3 is 1.43 bits per heavy atom. The van der Waals surface area contributed by atoms with Gasteiger partial charge in [0.15, 0.2) is 11.4 Å². The first-order valence-electron chi connectivity index (χ1n) is 14.3. The molecule has 13 nitrogen and oxygen atoms in total. The van der Waals surface area contributed by atoms with E-state index in [2.05, 4.69) is 30.6 Å². The van der Waals surface area contributed by atoms with Crippen molar-refractivity contribution in [3.63, 3.8) is 0 Å². The molecule has 3 rings (SSSR count). The van der Waals surface area contributed by atoms with Gasteiger partial charge in [-0.05, 0) is 12.8 Å². The Labute approximate surface area is 282 Å². The van der Waals surface area contributed by atoms with Gasteiger partial charge in [-0.25, -0.2) is 19.6 Å². The number of aliphatic carboxylic acids is 2. The monoisotopic (exact) mass is 740 g/mol. The fourth-order valence-electron chi connectivity index (χ4n) is 5.08. The highest BCUT2D eigenvalue weighted by Gasteiger charge is 2.44. The lowest BCUT2D eigenvalue weighted by molar-refractivity contribution is -0.142. The molecule has 6 atom stereocenters. The lowest BCUT2D eigenvalue weighted by Gasteiger charge is -2.36. The average molecular weight is 741 g/mol. The lowest BCUT2D eigenvalue weighted by Crippen LogP contribution is -2.42. The number of hydrogen-bond acceptors (Lipinski definition) is 11. The maximum absolute atomic E-state index is 14.3. The molecular weight excluding hydrogens is 710 g/mol. The number of halogens is 6. The largest absolute Gasteiger partial charge is 0.480 e. The minimum atomic E-state index is -4.93. The normalized spacial score (nSPS) is 19.3. The predicted molar refractivity (Wildman–Crippen MR) is 161 cm³/mol. The average Bonchev–Trinajstić information content (AvgIpc) is 3.00. The molecule has 0 aliphatic heterocycles. The first-order chi connectivity index (χ1) is 22.8. The summed E-state index contributed by atoms with van der Waals surface area (Å²) in [4.78, 5) is 75.7. The zero-order valence-electron chi connectivity index (χ0n) is 25.6. The maximum atomic E-state index is 14.3. The van der Waals surface area contributed by atoms with Crippen LogP contribution in [0.5, 0.6) is 0 Å². The molecule has 0 bridgehead atoms. The van der Waals surface area contributed by atoms with Crippen molar-refractivity contribution < 1.29 is 60.5 Å². The third-order valence-electron chi connectivity index (χ3n) is 7.20.